The van der Waals surface area contributed by atoms with Crippen molar-refractivity contribution >= 4 is 0 Å². The predicted molar refractivity (Wildman–Crippen MR) is 77.2 cm³/mol. The van der Waals surface area contributed by atoms with Crippen LogP contribution in [0.3, 0.4) is 0 Å². The molecule has 0 bridgehead atoms. The Balaban J connectivity index is 1.76. The summed E-state index contributed by atoms with van der Waals surface area (Å²) in [6.45, 7) is 0. The number of rotatable bonds is 3. The fourth-order valence-electron chi connectivity index (χ4n) is 2.88. The first-order valence-corrected chi connectivity index (χ1v) is 7.48. The Morgan fingerprint density at radius 1 is 1.05 bits per heavy atom. The molecule has 1 aromatic heterocycles. The van der Waals surface area contributed by atoms with E-state index in [0.29, 0.717) is 11.8 Å². The molecule has 2 N–H and O–H groups in total. The first-order valence-electron chi connectivity index (χ1n) is 7.48. The van der Waals surface area contributed by atoms with Crippen molar-refractivity contribution < 1.29 is 4.52 Å². The topological polar surface area (TPSA) is 64.9 Å². The van der Waals surface area contributed by atoms with Crippen LogP contribution in [0.25, 0.3) is 0 Å². The molecule has 4 nitrogen and oxygen atoms in total. The van der Waals surface area contributed by atoms with E-state index >= 15 is 0 Å². The van der Waals surface area contributed by atoms with Gasteiger partial charge in [-0.2, -0.15) is 4.98 Å². The van der Waals surface area contributed by atoms with Gasteiger partial charge in [-0.25, -0.2) is 0 Å². The first-order chi connectivity index (χ1) is 9.84. The molecule has 20 heavy (non-hydrogen) atoms. The molecule has 1 heterocycles. The maximum Gasteiger partial charge on any atom is 0.248 e. The summed E-state index contributed by atoms with van der Waals surface area (Å²) >= 11 is 0. The highest BCUT2D eigenvalue weighted by Gasteiger charge is 2.22. The van der Waals surface area contributed by atoms with Crippen molar-refractivity contribution in [1.82, 2.24) is 10.1 Å². The van der Waals surface area contributed by atoms with E-state index in [1.54, 1.807) is 0 Å². The Kier molecular flexibility index (Phi) is 4.11. The van der Waals surface area contributed by atoms with Crippen LogP contribution in [0.1, 0.15) is 67.8 Å². The van der Waals surface area contributed by atoms with Crippen LogP contribution >= 0.6 is 0 Å². The number of nitrogens with two attached hydrogens (primary N) is 1. The second kappa shape index (κ2) is 6.18. The van der Waals surface area contributed by atoms with Gasteiger partial charge in [-0.15, -0.1) is 0 Å². The minimum absolute atomic E-state index is 0.330. The number of benzene rings is 1. The van der Waals surface area contributed by atoms with Crippen molar-refractivity contribution in [3.8, 4) is 0 Å². The summed E-state index contributed by atoms with van der Waals surface area (Å²) in [6.07, 6.45) is 7.51. The van der Waals surface area contributed by atoms with Crippen molar-refractivity contribution in [2.24, 2.45) is 5.73 Å². The highest BCUT2D eigenvalue weighted by Crippen LogP contribution is 2.30. The van der Waals surface area contributed by atoms with Crippen molar-refractivity contribution in [2.75, 3.05) is 0 Å². The summed E-state index contributed by atoms with van der Waals surface area (Å²) in [5, 5.41) is 4.16. The lowest BCUT2D eigenvalue weighted by Crippen LogP contribution is -2.12. The van der Waals surface area contributed by atoms with Crippen LogP contribution in [0.5, 0.6) is 0 Å². The standard InChI is InChI=1S/C16H21N3O/c17-14(12-8-6-3-7-9-12)16-18-15(19-20-16)13-10-4-1-2-5-11-13/h3,6-9,13-14H,1-2,4-5,10-11,17H2. The van der Waals surface area contributed by atoms with Gasteiger partial charge in [0.1, 0.15) is 6.04 Å². The molecule has 0 saturated heterocycles. The molecule has 2 aromatic rings. The lowest BCUT2D eigenvalue weighted by atomic mass is 10.00. The van der Waals surface area contributed by atoms with Crippen molar-refractivity contribution in [2.45, 2.75) is 50.5 Å². The summed E-state index contributed by atoms with van der Waals surface area (Å²) in [4.78, 5) is 4.55. The summed E-state index contributed by atoms with van der Waals surface area (Å²) in [7, 11) is 0. The normalized spacial score (nSPS) is 18.6. The molecule has 1 unspecified atom stereocenters. The van der Waals surface area contributed by atoms with Gasteiger partial charge >= 0.3 is 0 Å². The number of nitrogens with zero attached hydrogens (tertiary/aromatic N) is 2. The van der Waals surface area contributed by atoms with Gasteiger partial charge in [0, 0.05) is 5.92 Å². The largest absolute Gasteiger partial charge is 0.337 e. The third kappa shape index (κ3) is 2.90. The molecule has 1 fully saturated rings. The predicted octanol–water partition coefficient (Wildman–Crippen LogP) is 3.56. The van der Waals surface area contributed by atoms with E-state index in [-0.39, 0.29) is 6.04 Å². The minimum Gasteiger partial charge on any atom is -0.337 e. The lowest BCUT2D eigenvalue weighted by Gasteiger charge is -2.08. The lowest BCUT2D eigenvalue weighted by molar-refractivity contribution is 0.357. The molecule has 3 rings (SSSR count). The maximum atomic E-state index is 6.19. The van der Waals surface area contributed by atoms with Crippen LogP contribution in [-0.4, -0.2) is 10.1 Å². The molecule has 0 radical (unpaired) electrons. The van der Waals surface area contributed by atoms with Crippen LogP contribution in [0.4, 0.5) is 0 Å². The Morgan fingerprint density at radius 3 is 2.45 bits per heavy atom. The van der Waals surface area contributed by atoms with E-state index < -0.39 is 0 Å². The summed E-state index contributed by atoms with van der Waals surface area (Å²) in [5.41, 5.74) is 7.20. The maximum absolute atomic E-state index is 6.19. The molecule has 106 valence electrons. The van der Waals surface area contributed by atoms with Crippen LogP contribution in [0.15, 0.2) is 34.9 Å². The molecule has 0 spiro atoms. The molecule has 1 atom stereocenters. The highest BCUT2D eigenvalue weighted by atomic mass is 16.5. The molecule has 0 amide bonds. The van der Waals surface area contributed by atoms with Crippen molar-refractivity contribution in [1.29, 1.82) is 0 Å². The monoisotopic (exact) mass is 271 g/mol. The Hall–Kier alpha value is -1.68. The summed E-state index contributed by atoms with van der Waals surface area (Å²) in [5.74, 6) is 1.81. The average molecular weight is 271 g/mol. The average Bonchev–Trinajstić information content (AvgIpc) is 2.83. The quantitative estimate of drug-likeness (QED) is 0.867. The van der Waals surface area contributed by atoms with Gasteiger partial charge in [0.2, 0.25) is 5.89 Å². The van der Waals surface area contributed by atoms with E-state index in [2.05, 4.69) is 10.1 Å². The van der Waals surface area contributed by atoms with Crippen LogP contribution < -0.4 is 5.73 Å². The van der Waals surface area contributed by atoms with Crippen LogP contribution in [-0.2, 0) is 0 Å². The SMILES string of the molecule is NC(c1ccccc1)c1nc(C2CCCCCC2)no1. The Morgan fingerprint density at radius 2 is 1.75 bits per heavy atom. The Bertz CT molecular complexity index is 530. The fraction of sp³-hybridized carbons (Fsp3) is 0.500. The van der Waals surface area contributed by atoms with Gasteiger partial charge in [-0.05, 0) is 18.4 Å². The molecule has 1 aliphatic rings. The molecular weight excluding hydrogens is 250 g/mol. The van der Waals surface area contributed by atoms with Gasteiger partial charge < -0.3 is 10.3 Å². The molecular formula is C16H21N3O. The zero-order valence-corrected chi connectivity index (χ0v) is 11.7. The molecule has 1 aliphatic carbocycles. The first kappa shape index (κ1) is 13.3. The highest BCUT2D eigenvalue weighted by molar-refractivity contribution is 5.23. The van der Waals surface area contributed by atoms with E-state index in [9.17, 15) is 0 Å². The zero-order valence-electron chi connectivity index (χ0n) is 11.7. The van der Waals surface area contributed by atoms with Gasteiger partial charge in [-0.3, -0.25) is 0 Å². The number of hydrogen-bond acceptors (Lipinski definition) is 4. The molecule has 1 aromatic carbocycles. The summed E-state index contributed by atoms with van der Waals surface area (Å²) < 4.78 is 5.39. The Labute approximate surface area is 119 Å². The van der Waals surface area contributed by atoms with Gasteiger partial charge in [0.25, 0.3) is 0 Å². The third-order valence-corrected chi connectivity index (χ3v) is 4.10. The number of aromatic nitrogens is 2. The van der Waals surface area contributed by atoms with E-state index in [1.165, 1.54) is 38.5 Å². The van der Waals surface area contributed by atoms with Crippen molar-refractivity contribution in [3.05, 3.63) is 47.6 Å². The minimum atomic E-state index is -0.330. The fourth-order valence-corrected chi connectivity index (χ4v) is 2.88. The van der Waals surface area contributed by atoms with E-state index in [1.807, 2.05) is 30.3 Å². The third-order valence-electron chi connectivity index (χ3n) is 4.10. The van der Waals surface area contributed by atoms with Crippen LogP contribution in [0.2, 0.25) is 0 Å². The molecule has 1 saturated carbocycles. The summed E-state index contributed by atoms with van der Waals surface area (Å²) in [6, 6.07) is 9.56. The second-order valence-electron chi connectivity index (χ2n) is 5.57. The van der Waals surface area contributed by atoms with Gasteiger partial charge in [-0.1, -0.05) is 61.2 Å². The van der Waals surface area contributed by atoms with Gasteiger partial charge in [0.15, 0.2) is 5.82 Å². The van der Waals surface area contributed by atoms with Crippen LogP contribution in [0, 0.1) is 0 Å². The smallest absolute Gasteiger partial charge is 0.248 e. The molecule has 0 aliphatic heterocycles. The zero-order chi connectivity index (χ0) is 13.8. The second-order valence-corrected chi connectivity index (χ2v) is 5.57. The molecule has 4 heteroatoms. The van der Waals surface area contributed by atoms with E-state index in [4.69, 9.17) is 10.3 Å². The van der Waals surface area contributed by atoms with Gasteiger partial charge in [0.05, 0.1) is 0 Å². The van der Waals surface area contributed by atoms with E-state index in [0.717, 1.165) is 11.4 Å². The van der Waals surface area contributed by atoms with Crippen molar-refractivity contribution in [3.63, 3.8) is 0 Å². The number of hydrogen-bond donors (Lipinski definition) is 1.